The quantitative estimate of drug-likeness (QED) is 0.228. The number of aryl methyl sites for hydroxylation is 1. The minimum Gasteiger partial charge on any atom is -0.484 e. The van der Waals surface area contributed by atoms with E-state index in [9.17, 15) is 13.2 Å². The van der Waals surface area contributed by atoms with Crippen LogP contribution in [0.3, 0.4) is 0 Å². The van der Waals surface area contributed by atoms with Crippen molar-refractivity contribution in [1.82, 2.24) is 24.3 Å². The van der Waals surface area contributed by atoms with E-state index in [4.69, 9.17) is 4.74 Å². The van der Waals surface area contributed by atoms with Crippen molar-refractivity contribution < 1.29 is 17.9 Å². The number of hydrogen-bond donors (Lipinski definition) is 1. The van der Waals surface area contributed by atoms with E-state index >= 15 is 0 Å². The van der Waals surface area contributed by atoms with Gasteiger partial charge in [0.2, 0.25) is 10.0 Å². The number of hydrogen-bond acceptors (Lipinski definition) is 9. The van der Waals surface area contributed by atoms with Gasteiger partial charge < -0.3 is 24.8 Å². The highest BCUT2D eigenvalue weighted by atomic mass is 32.2. The molecule has 3 heterocycles. The third-order valence-corrected chi connectivity index (χ3v) is 11.5. The van der Waals surface area contributed by atoms with E-state index in [-0.39, 0.29) is 12.5 Å². The van der Waals surface area contributed by atoms with Gasteiger partial charge >= 0.3 is 0 Å². The molecule has 0 atom stereocenters. The number of carbonyl (C=O) groups excluding carboxylic acids is 1. The molecule has 1 N–H and O–H groups in total. The van der Waals surface area contributed by atoms with E-state index in [0.717, 1.165) is 29.5 Å². The third-order valence-electron chi connectivity index (χ3n) is 9.46. The lowest BCUT2D eigenvalue weighted by Gasteiger charge is -2.36. The fourth-order valence-electron chi connectivity index (χ4n) is 6.46. The summed E-state index contributed by atoms with van der Waals surface area (Å²) in [5.74, 6) is 1.14. The van der Waals surface area contributed by atoms with Gasteiger partial charge in [0.1, 0.15) is 11.4 Å². The molecule has 50 heavy (non-hydrogen) atoms. The Bertz CT molecular complexity index is 2080. The number of ether oxygens (including phenoxy) is 1. The van der Waals surface area contributed by atoms with Crippen LogP contribution in [0.1, 0.15) is 5.56 Å². The molecule has 1 amide bonds. The van der Waals surface area contributed by atoms with Gasteiger partial charge in [-0.05, 0) is 62.0 Å². The predicted molar refractivity (Wildman–Crippen MR) is 196 cm³/mol. The molecule has 2 saturated heterocycles. The van der Waals surface area contributed by atoms with Crippen LogP contribution in [0.15, 0.2) is 102 Å². The molecule has 4 aromatic carbocycles. The first-order valence-electron chi connectivity index (χ1n) is 16.9. The van der Waals surface area contributed by atoms with E-state index in [2.05, 4.69) is 37.4 Å². The minimum atomic E-state index is -3.67. The fraction of sp³-hybridized carbons (Fsp3) is 0.289. The highest BCUT2D eigenvalue weighted by Crippen LogP contribution is 2.34. The maximum Gasteiger partial charge on any atom is 0.260 e. The summed E-state index contributed by atoms with van der Waals surface area (Å²) in [4.78, 5) is 19.4. The van der Waals surface area contributed by atoms with Crippen LogP contribution in [-0.4, -0.2) is 105 Å². The summed E-state index contributed by atoms with van der Waals surface area (Å²) in [6.07, 6.45) is 0. The van der Waals surface area contributed by atoms with Crippen molar-refractivity contribution in [1.29, 1.82) is 0 Å². The van der Waals surface area contributed by atoms with Gasteiger partial charge in [-0.25, -0.2) is 8.42 Å². The van der Waals surface area contributed by atoms with E-state index < -0.39 is 10.0 Å². The van der Waals surface area contributed by atoms with Gasteiger partial charge in [-0.2, -0.15) is 4.31 Å². The molecule has 0 bridgehead atoms. The summed E-state index contributed by atoms with van der Waals surface area (Å²) in [6, 6.07) is 30.9. The number of piperazine rings is 2. The Morgan fingerprint density at radius 3 is 2.18 bits per heavy atom. The molecule has 1 aromatic heterocycles. The number of sulfonamides is 1. The molecule has 0 spiro atoms. The Labute approximate surface area is 293 Å². The van der Waals surface area contributed by atoms with Crippen LogP contribution in [0.2, 0.25) is 0 Å². The van der Waals surface area contributed by atoms with Gasteiger partial charge in [0, 0.05) is 80.1 Å². The number of fused-ring (bicyclic) bond motifs is 1. The van der Waals surface area contributed by atoms with Gasteiger partial charge in [0.05, 0.1) is 4.90 Å². The van der Waals surface area contributed by atoms with Gasteiger partial charge in [-0.15, -0.1) is 10.2 Å². The van der Waals surface area contributed by atoms with Crippen LogP contribution in [0.5, 0.6) is 5.75 Å². The second-order valence-electron chi connectivity index (χ2n) is 12.8. The van der Waals surface area contributed by atoms with E-state index in [1.54, 1.807) is 10.4 Å². The lowest BCUT2D eigenvalue weighted by Crippen LogP contribution is -2.50. The predicted octanol–water partition coefficient (Wildman–Crippen LogP) is 5.01. The SMILES string of the molecule is Cc1ccc(-c2nnc(Nc3ccc(OCC(=O)N4CCN(c5ccccc5)CC4)cc3)c3ccccc23)cc1S(=O)(=O)N1CCN(C)CC1. The maximum absolute atomic E-state index is 13.7. The topological polar surface area (TPSA) is 111 Å². The van der Waals surface area contributed by atoms with Crippen LogP contribution in [0, 0.1) is 6.92 Å². The zero-order valence-electron chi connectivity index (χ0n) is 28.3. The number of para-hydroxylation sites is 1. The molecule has 0 saturated carbocycles. The molecule has 0 radical (unpaired) electrons. The van der Waals surface area contributed by atoms with E-state index in [1.807, 2.05) is 97.7 Å². The number of anilines is 3. The molecule has 2 aliphatic heterocycles. The Morgan fingerprint density at radius 2 is 1.46 bits per heavy atom. The summed E-state index contributed by atoms with van der Waals surface area (Å²) >= 11 is 0. The maximum atomic E-state index is 13.7. The lowest BCUT2D eigenvalue weighted by molar-refractivity contribution is -0.133. The molecule has 12 heteroatoms. The summed E-state index contributed by atoms with van der Waals surface area (Å²) in [7, 11) is -1.66. The second kappa shape index (κ2) is 14.4. The summed E-state index contributed by atoms with van der Waals surface area (Å²) < 4.78 is 34.8. The van der Waals surface area contributed by atoms with E-state index in [1.165, 1.54) is 5.69 Å². The highest BCUT2D eigenvalue weighted by Gasteiger charge is 2.29. The van der Waals surface area contributed by atoms with Crippen molar-refractivity contribution in [3.8, 4) is 17.0 Å². The number of amides is 1. The summed E-state index contributed by atoms with van der Waals surface area (Å²) in [5.41, 5.74) is 3.95. The van der Waals surface area contributed by atoms with Gasteiger partial charge in [0.15, 0.2) is 12.4 Å². The molecule has 258 valence electrons. The van der Waals surface area contributed by atoms with Crippen LogP contribution < -0.4 is 15.0 Å². The average molecular weight is 692 g/mol. The number of carbonyl (C=O) groups is 1. The minimum absolute atomic E-state index is 0.0207. The van der Waals surface area contributed by atoms with Crippen LogP contribution in [0.25, 0.3) is 22.0 Å². The molecule has 0 aliphatic carbocycles. The van der Waals surface area contributed by atoms with Crippen molar-refractivity contribution in [3.05, 3.63) is 103 Å². The molecule has 0 unspecified atom stereocenters. The highest BCUT2D eigenvalue weighted by molar-refractivity contribution is 7.89. The number of rotatable bonds is 9. The van der Waals surface area contributed by atoms with Crippen molar-refractivity contribution in [2.75, 3.05) is 76.2 Å². The van der Waals surface area contributed by atoms with Crippen molar-refractivity contribution in [2.45, 2.75) is 11.8 Å². The Balaban J connectivity index is 1.02. The summed E-state index contributed by atoms with van der Waals surface area (Å²) in [5, 5.41) is 14.2. The van der Waals surface area contributed by atoms with Crippen LogP contribution in [-0.2, 0) is 14.8 Å². The van der Waals surface area contributed by atoms with Crippen LogP contribution >= 0.6 is 0 Å². The molecule has 2 aliphatic rings. The molecular weight excluding hydrogens is 651 g/mol. The Hall–Kier alpha value is -5.04. The van der Waals surface area contributed by atoms with Crippen LogP contribution in [0.4, 0.5) is 17.2 Å². The normalized spacial score (nSPS) is 16.0. The first-order chi connectivity index (χ1) is 24.3. The zero-order valence-corrected chi connectivity index (χ0v) is 29.1. The second-order valence-corrected chi connectivity index (χ2v) is 14.7. The molecular formula is C38H41N7O4S. The number of aromatic nitrogens is 2. The summed E-state index contributed by atoms with van der Waals surface area (Å²) in [6.45, 7) is 7.03. The number of likely N-dealkylation sites (N-methyl/N-ethyl adjacent to an activating group) is 1. The number of nitrogens with zero attached hydrogens (tertiary/aromatic N) is 6. The largest absolute Gasteiger partial charge is 0.484 e. The lowest BCUT2D eigenvalue weighted by atomic mass is 10.0. The van der Waals surface area contributed by atoms with Crippen molar-refractivity contribution in [2.24, 2.45) is 0 Å². The average Bonchev–Trinajstić information content (AvgIpc) is 3.15. The van der Waals surface area contributed by atoms with Gasteiger partial charge in [-0.1, -0.05) is 54.6 Å². The molecule has 7 rings (SSSR count). The van der Waals surface area contributed by atoms with Gasteiger partial charge in [-0.3, -0.25) is 4.79 Å². The molecule has 11 nitrogen and oxygen atoms in total. The fourth-order valence-corrected chi connectivity index (χ4v) is 8.14. The monoisotopic (exact) mass is 691 g/mol. The van der Waals surface area contributed by atoms with Crippen molar-refractivity contribution >= 4 is 43.9 Å². The Morgan fingerprint density at radius 1 is 0.780 bits per heavy atom. The Kier molecular flexibility index (Phi) is 9.66. The first-order valence-corrected chi connectivity index (χ1v) is 18.3. The third kappa shape index (κ3) is 7.14. The first kappa shape index (κ1) is 33.5. The van der Waals surface area contributed by atoms with E-state index in [0.29, 0.717) is 72.6 Å². The standard InChI is InChI=1S/C38H41N7O4S/c1-28-12-13-29(26-35(28)50(47,48)45-24-18-42(2)19-25-45)37-33-10-6-7-11-34(33)38(41-40-37)39-30-14-16-32(17-15-30)49-27-36(46)44-22-20-43(21-23-44)31-8-4-3-5-9-31/h3-17,26H,18-25,27H2,1-2H3,(H,39,41). The number of nitrogens with one attached hydrogen (secondary N) is 1. The zero-order chi connectivity index (χ0) is 34.7. The number of benzene rings is 4. The van der Waals surface area contributed by atoms with Gasteiger partial charge in [0.25, 0.3) is 5.91 Å². The smallest absolute Gasteiger partial charge is 0.260 e. The molecule has 2 fully saturated rings. The van der Waals surface area contributed by atoms with Crippen molar-refractivity contribution in [3.63, 3.8) is 0 Å². The molecule has 5 aromatic rings.